The number of ketones is 1. The van der Waals surface area contributed by atoms with Gasteiger partial charge in [-0.3, -0.25) is 14.1 Å². The summed E-state index contributed by atoms with van der Waals surface area (Å²) in [5.41, 5.74) is -0.513. The summed E-state index contributed by atoms with van der Waals surface area (Å²) in [6.07, 6.45) is 0.990. The number of rotatable bonds is 6. The summed E-state index contributed by atoms with van der Waals surface area (Å²) in [5.74, 6) is -6.78. The number of hydrogen-bond donors (Lipinski definition) is 1. The molecule has 4 aliphatic rings. The van der Waals surface area contributed by atoms with E-state index >= 15 is 0 Å². The summed E-state index contributed by atoms with van der Waals surface area (Å²) in [7, 11) is -6.39. The van der Waals surface area contributed by atoms with Gasteiger partial charge in [0.25, 0.3) is 0 Å². The zero-order valence-corrected chi connectivity index (χ0v) is 14.4. The lowest BCUT2D eigenvalue weighted by Gasteiger charge is -2.55. The molecule has 0 aromatic heterocycles. The number of halogens is 4. The molecule has 0 saturated heterocycles. The van der Waals surface area contributed by atoms with Gasteiger partial charge >= 0.3 is 27.3 Å². The van der Waals surface area contributed by atoms with Gasteiger partial charge in [0.15, 0.2) is 0 Å². The van der Waals surface area contributed by atoms with Crippen molar-refractivity contribution < 1.29 is 44.9 Å². The Morgan fingerprint density at radius 2 is 1.69 bits per heavy atom. The molecule has 0 aliphatic heterocycles. The average molecular weight is 402 g/mol. The first-order chi connectivity index (χ1) is 11.8. The van der Waals surface area contributed by atoms with Crippen LogP contribution in [-0.4, -0.2) is 42.5 Å². The molecule has 0 radical (unpaired) electrons. The minimum atomic E-state index is -6.39. The van der Waals surface area contributed by atoms with Crippen molar-refractivity contribution in [3.8, 4) is 0 Å². The summed E-state index contributed by atoms with van der Waals surface area (Å²) in [5, 5.41) is -5.80. The third kappa shape index (κ3) is 3.12. The lowest BCUT2D eigenvalue weighted by Crippen LogP contribution is -2.53. The molecule has 1 N–H and O–H groups in total. The predicted molar refractivity (Wildman–Crippen MR) is 78.0 cm³/mol. The summed E-state index contributed by atoms with van der Waals surface area (Å²) < 4.78 is 87.1. The fourth-order valence-corrected chi connectivity index (χ4v) is 5.29. The fraction of sp³-hybridized carbons (Fsp3) is 0.867. The molecule has 26 heavy (non-hydrogen) atoms. The third-order valence-corrected chi connectivity index (χ3v) is 6.72. The number of carbonyl (C=O) groups is 2. The van der Waals surface area contributed by atoms with E-state index in [0.29, 0.717) is 25.2 Å². The van der Waals surface area contributed by atoms with Gasteiger partial charge in [0.2, 0.25) is 0 Å². The molecule has 4 fully saturated rings. The highest BCUT2D eigenvalue weighted by molar-refractivity contribution is 7.87. The van der Waals surface area contributed by atoms with Gasteiger partial charge in [0.05, 0.1) is 6.61 Å². The molecule has 0 aromatic rings. The van der Waals surface area contributed by atoms with Crippen LogP contribution in [-0.2, 0) is 24.4 Å². The van der Waals surface area contributed by atoms with E-state index in [-0.39, 0.29) is 24.2 Å². The second kappa shape index (κ2) is 5.88. The largest absolute Gasteiger partial charge is 0.465 e. The van der Waals surface area contributed by atoms with Crippen LogP contribution in [0.3, 0.4) is 0 Å². The number of esters is 1. The molecule has 0 amide bonds. The molecule has 11 heteroatoms. The van der Waals surface area contributed by atoms with E-state index in [1.807, 2.05) is 0 Å². The van der Waals surface area contributed by atoms with Crippen molar-refractivity contribution in [3.05, 3.63) is 0 Å². The van der Waals surface area contributed by atoms with Crippen molar-refractivity contribution in [1.29, 1.82) is 0 Å². The Labute approximate surface area is 147 Å². The van der Waals surface area contributed by atoms with Gasteiger partial charge in [-0.2, -0.15) is 26.0 Å². The minimum absolute atomic E-state index is 0.134. The van der Waals surface area contributed by atoms with Crippen LogP contribution in [0, 0.1) is 23.2 Å². The van der Waals surface area contributed by atoms with Crippen LogP contribution in [0.5, 0.6) is 0 Å². The molecule has 4 rings (SSSR count). The van der Waals surface area contributed by atoms with Crippen LogP contribution in [0.4, 0.5) is 17.6 Å². The Morgan fingerprint density at radius 1 is 1.15 bits per heavy atom. The normalized spacial score (nSPS) is 34.2. The monoisotopic (exact) mass is 402 g/mol. The highest BCUT2D eigenvalue weighted by Gasteiger charge is 2.66. The number of hydrogen-bond acceptors (Lipinski definition) is 5. The quantitative estimate of drug-likeness (QED) is 0.416. The molecular formula is C15H18F4O6S. The van der Waals surface area contributed by atoms with Gasteiger partial charge in [-0.15, -0.1) is 0 Å². The van der Waals surface area contributed by atoms with E-state index in [1.54, 1.807) is 0 Å². The van der Waals surface area contributed by atoms with Crippen molar-refractivity contribution in [3.63, 3.8) is 0 Å². The maximum atomic E-state index is 13.4. The highest BCUT2D eigenvalue weighted by Crippen LogP contribution is 2.58. The van der Waals surface area contributed by atoms with Crippen LogP contribution in [0.15, 0.2) is 0 Å². The first-order valence-electron chi connectivity index (χ1n) is 8.18. The van der Waals surface area contributed by atoms with E-state index in [2.05, 4.69) is 0 Å². The molecule has 2 unspecified atom stereocenters. The van der Waals surface area contributed by atoms with E-state index in [0.717, 1.165) is 12.8 Å². The topological polar surface area (TPSA) is 97.7 Å². The maximum Gasteiger partial charge on any atom is 0.432 e. The fourth-order valence-electron chi connectivity index (χ4n) is 4.84. The molecule has 2 atom stereocenters. The first-order valence-corrected chi connectivity index (χ1v) is 9.62. The number of ether oxygens (including phenoxy) is 1. The molecule has 4 bridgehead atoms. The predicted octanol–water partition coefficient (Wildman–Crippen LogP) is 2.43. The molecular weight excluding hydrogens is 384 g/mol. The summed E-state index contributed by atoms with van der Waals surface area (Å²) in [4.78, 5) is 23.7. The zero-order valence-electron chi connectivity index (χ0n) is 13.6. The molecule has 148 valence electrons. The second-order valence-corrected chi connectivity index (χ2v) is 9.24. The number of Topliss-reactive ketones (excluding diaryl/α,β-unsaturated/α-hetero) is 1. The van der Waals surface area contributed by atoms with E-state index < -0.39 is 39.1 Å². The van der Waals surface area contributed by atoms with Crippen LogP contribution < -0.4 is 0 Å². The van der Waals surface area contributed by atoms with E-state index in [1.165, 1.54) is 0 Å². The van der Waals surface area contributed by atoms with Crippen LogP contribution in [0.25, 0.3) is 0 Å². The van der Waals surface area contributed by atoms with Gasteiger partial charge in [-0.05, 0) is 38.0 Å². The van der Waals surface area contributed by atoms with E-state index in [4.69, 9.17) is 9.29 Å². The molecule has 4 saturated carbocycles. The Hall–Kier alpha value is -1.23. The van der Waals surface area contributed by atoms with Gasteiger partial charge in [0.1, 0.15) is 12.2 Å². The van der Waals surface area contributed by atoms with Gasteiger partial charge in [0, 0.05) is 17.3 Å². The van der Waals surface area contributed by atoms with Crippen LogP contribution in [0.2, 0.25) is 0 Å². The standard InChI is InChI=1S/C15H18F4O6S/c16-14(17,15(18,19)26(22,23)24)6-11(20)25-7-13-3-8-1-9(4-13)12(21)10(2-8)5-13/h8-10H,1-7H2,(H,22,23,24). The number of carbonyl (C=O) groups excluding carboxylic acids is 2. The highest BCUT2D eigenvalue weighted by atomic mass is 32.2. The van der Waals surface area contributed by atoms with Crippen molar-refractivity contribution in [2.75, 3.05) is 6.61 Å². The first kappa shape index (κ1) is 19.5. The smallest absolute Gasteiger partial charge is 0.432 e. The van der Waals surface area contributed by atoms with Crippen LogP contribution >= 0.6 is 0 Å². The summed E-state index contributed by atoms with van der Waals surface area (Å²) in [6.45, 7) is -0.268. The van der Waals surface area contributed by atoms with Crippen molar-refractivity contribution in [2.24, 2.45) is 23.2 Å². The van der Waals surface area contributed by atoms with Gasteiger partial charge in [-0.1, -0.05) is 0 Å². The van der Waals surface area contributed by atoms with E-state index in [9.17, 15) is 35.6 Å². The molecule has 0 aromatic carbocycles. The molecule has 0 heterocycles. The molecule has 0 spiro atoms. The lowest BCUT2D eigenvalue weighted by molar-refractivity contribution is -0.187. The van der Waals surface area contributed by atoms with Gasteiger partial charge < -0.3 is 4.74 Å². The molecule has 4 aliphatic carbocycles. The third-order valence-electron chi connectivity index (χ3n) is 5.78. The Balaban J connectivity index is 1.62. The van der Waals surface area contributed by atoms with Crippen molar-refractivity contribution in [1.82, 2.24) is 0 Å². The zero-order chi connectivity index (χ0) is 19.5. The average Bonchev–Trinajstić information content (AvgIpc) is 2.48. The summed E-state index contributed by atoms with van der Waals surface area (Å²) in [6, 6.07) is 0. The van der Waals surface area contributed by atoms with Gasteiger partial charge in [-0.25, -0.2) is 0 Å². The number of alkyl halides is 4. The Morgan fingerprint density at radius 3 is 2.19 bits per heavy atom. The van der Waals surface area contributed by atoms with Crippen molar-refractivity contribution >= 4 is 21.9 Å². The SMILES string of the molecule is O=C(CC(F)(F)C(F)(F)S(=O)(=O)O)OCC12CC3CC(C1)C(=O)C(C3)C2. The summed E-state index contributed by atoms with van der Waals surface area (Å²) >= 11 is 0. The Kier molecular flexibility index (Phi) is 4.42. The Bertz CT molecular complexity index is 716. The lowest BCUT2D eigenvalue weighted by atomic mass is 9.49. The van der Waals surface area contributed by atoms with Crippen LogP contribution in [0.1, 0.15) is 38.5 Å². The second-order valence-electron chi connectivity index (χ2n) is 7.78. The van der Waals surface area contributed by atoms with Crippen molar-refractivity contribution in [2.45, 2.75) is 49.7 Å². The minimum Gasteiger partial charge on any atom is -0.465 e. The maximum absolute atomic E-state index is 13.4. The molecule has 6 nitrogen and oxygen atoms in total.